The van der Waals surface area contributed by atoms with E-state index in [1.54, 1.807) is 45.8 Å². The first-order chi connectivity index (χ1) is 19.3. The quantitative estimate of drug-likeness (QED) is 0.538. The molecule has 5 rings (SSSR count). The summed E-state index contributed by atoms with van der Waals surface area (Å²) < 4.78 is 5.45. The highest BCUT2D eigenvalue weighted by molar-refractivity contribution is 5.94. The summed E-state index contributed by atoms with van der Waals surface area (Å²) in [6.07, 6.45) is 1.47. The number of carbonyl (C=O) groups excluding carboxylic acids is 4. The van der Waals surface area contributed by atoms with Crippen molar-refractivity contribution in [3.63, 3.8) is 0 Å². The van der Waals surface area contributed by atoms with Crippen molar-refractivity contribution >= 4 is 23.8 Å². The van der Waals surface area contributed by atoms with Crippen LogP contribution in [0.5, 0.6) is 0 Å². The lowest BCUT2D eigenvalue weighted by Gasteiger charge is -2.39. The summed E-state index contributed by atoms with van der Waals surface area (Å²) in [5.74, 6) is -0.0753. The molecule has 1 aromatic rings. The van der Waals surface area contributed by atoms with Gasteiger partial charge in [0, 0.05) is 44.8 Å². The van der Waals surface area contributed by atoms with Gasteiger partial charge in [-0.05, 0) is 70.6 Å². The number of hydrogen-bond acceptors (Lipinski definition) is 7. The van der Waals surface area contributed by atoms with Crippen LogP contribution in [0.4, 0.5) is 4.79 Å². The number of amides is 4. The highest BCUT2D eigenvalue weighted by Gasteiger charge is 2.56. The van der Waals surface area contributed by atoms with Crippen molar-refractivity contribution in [2.45, 2.75) is 88.8 Å². The predicted octanol–water partition coefficient (Wildman–Crippen LogP) is 2.14. The fraction of sp³-hybridized carbons (Fsp3) is 0.633. The maximum Gasteiger partial charge on any atom is 0.408 e. The predicted molar refractivity (Wildman–Crippen MR) is 149 cm³/mol. The van der Waals surface area contributed by atoms with Crippen LogP contribution in [0.15, 0.2) is 24.3 Å². The molecule has 0 spiro atoms. The molecule has 7 atom stereocenters. The lowest BCUT2D eigenvalue weighted by Crippen LogP contribution is -2.59. The van der Waals surface area contributed by atoms with Gasteiger partial charge in [-0.15, -0.1) is 0 Å². The van der Waals surface area contributed by atoms with E-state index in [4.69, 9.17) is 4.74 Å². The number of rotatable bonds is 7. The summed E-state index contributed by atoms with van der Waals surface area (Å²) >= 11 is 0. The Labute approximate surface area is 241 Å². The van der Waals surface area contributed by atoms with Crippen molar-refractivity contribution < 1.29 is 23.9 Å². The molecule has 0 radical (unpaired) electrons. The van der Waals surface area contributed by atoms with Crippen molar-refractivity contribution in [1.29, 1.82) is 5.26 Å². The summed E-state index contributed by atoms with van der Waals surface area (Å²) in [4.78, 5) is 59.7. The van der Waals surface area contributed by atoms with Crippen LogP contribution < -0.4 is 5.32 Å². The number of nitriles is 1. The molecule has 220 valence electrons. The van der Waals surface area contributed by atoms with Crippen LogP contribution in [0.1, 0.15) is 68.9 Å². The fourth-order valence-electron chi connectivity index (χ4n) is 6.69. The SMILES string of the molecule is C[C@H](c1cccc(C(=O)N(C)C)c1)N1C(=O)[C@@H]2C[C@H]1CN2C[C@H](NC(=O)OC(C)(C)C)C(=O)N1[C@H](C#N)C[C@@H]2C[C@@H]21. The fourth-order valence-corrected chi connectivity index (χ4v) is 6.69. The van der Waals surface area contributed by atoms with Gasteiger partial charge in [-0.1, -0.05) is 12.1 Å². The van der Waals surface area contributed by atoms with Gasteiger partial charge in [-0.25, -0.2) is 4.79 Å². The molecular weight excluding hydrogens is 524 g/mol. The van der Waals surface area contributed by atoms with Gasteiger partial charge in [0.15, 0.2) is 0 Å². The summed E-state index contributed by atoms with van der Waals surface area (Å²) in [6, 6.07) is 7.53. The van der Waals surface area contributed by atoms with Crippen molar-refractivity contribution in [1.82, 2.24) is 24.9 Å². The minimum absolute atomic E-state index is 0.0279. The van der Waals surface area contributed by atoms with E-state index >= 15 is 0 Å². The average Bonchev–Trinajstić information content (AvgIpc) is 3.23. The molecular formula is C30H40N6O5. The van der Waals surface area contributed by atoms with Crippen molar-refractivity contribution in [2.75, 3.05) is 27.2 Å². The molecule has 1 N–H and O–H groups in total. The van der Waals surface area contributed by atoms with E-state index in [1.807, 2.05) is 34.9 Å². The zero-order valence-corrected chi connectivity index (χ0v) is 24.7. The minimum Gasteiger partial charge on any atom is -0.444 e. The standard InChI is InChI=1S/C30H40N6O5/c1-17(18-8-7-9-19(10-18)26(37)33(5)6)35-22-13-25(28(35)39)34(15-22)16-23(32-29(40)41-30(2,3)4)27(38)36-21(14-31)11-20-12-24(20)36/h7-10,17,20-25H,11-13,15-16H2,1-6H3,(H,32,40)/t17-,20-,21+,22+,23+,24+,25+/m1/s1. The van der Waals surface area contributed by atoms with Crippen molar-refractivity contribution in [2.24, 2.45) is 5.92 Å². The topological polar surface area (TPSA) is 126 Å². The number of piperazine rings is 1. The highest BCUT2D eigenvalue weighted by Crippen LogP contribution is 2.48. The van der Waals surface area contributed by atoms with Gasteiger partial charge in [0.1, 0.15) is 17.7 Å². The number of carbonyl (C=O) groups is 4. The van der Waals surface area contributed by atoms with E-state index < -0.39 is 29.8 Å². The van der Waals surface area contributed by atoms with Crippen LogP contribution in [0, 0.1) is 17.2 Å². The molecule has 11 nitrogen and oxygen atoms in total. The Morgan fingerprint density at radius 3 is 2.56 bits per heavy atom. The van der Waals surface area contributed by atoms with Crippen LogP contribution in [0.2, 0.25) is 0 Å². The number of nitrogens with zero attached hydrogens (tertiary/aromatic N) is 5. The Morgan fingerprint density at radius 1 is 1.20 bits per heavy atom. The lowest BCUT2D eigenvalue weighted by atomic mass is 10.0. The summed E-state index contributed by atoms with van der Waals surface area (Å²) in [5.41, 5.74) is 0.721. The first kappa shape index (κ1) is 28.9. The number of likely N-dealkylation sites (tertiary alicyclic amines) is 3. The smallest absolute Gasteiger partial charge is 0.408 e. The van der Waals surface area contributed by atoms with Gasteiger partial charge < -0.3 is 24.8 Å². The molecule has 1 aliphatic carbocycles. The van der Waals surface area contributed by atoms with Gasteiger partial charge in [0.25, 0.3) is 5.91 Å². The Balaban J connectivity index is 1.30. The second-order valence-electron chi connectivity index (χ2n) is 13.0. The molecule has 4 amide bonds. The van der Waals surface area contributed by atoms with Crippen LogP contribution in [0.3, 0.4) is 0 Å². The number of alkyl carbamates (subject to hydrolysis) is 1. The number of piperidine rings is 1. The van der Waals surface area contributed by atoms with E-state index in [2.05, 4.69) is 11.4 Å². The zero-order chi connectivity index (χ0) is 29.8. The average molecular weight is 565 g/mol. The lowest BCUT2D eigenvalue weighted by molar-refractivity contribution is -0.141. The molecule has 3 saturated heterocycles. The van der Waals surface area contributed by atoms with E-state index in [9.17, 15) is 24.4 Å². The Kier molecular flexibility index (Phi) is 7.49. The second kappa shape index (κ2) is 10.6. The highest BCUT2D eigenvalue weighted by atomic mass is 16.6. The second-order valence-corrected chi connectivity index (χ2v) is 13.0. The first-order valence-electron chi connectivity index (χ1n) is 14.4. The van der Waals surface area contributed by atoms with E-state index in [1.165, 1.54) is 4.90 Å². The van der Waals surface area contributed by atoms with Crippen LogP contribution in [-0.2, 0) is 14.3 Å². The Bertz CT molecular complexity index is 1280. The molecule has 41 heavy (non-hydrogen) atoms. The number of benzene rings is 1. The third kappa shape index (κ3) is 5.62. The Morgan fingerprint density at radius 2 is 1.93 bits per heavy atom. The summed E-state index contributed by atoms with van der Waals surface area (Å²) in [6.45, 7) is 7.95. The zero-order valence-electron chi connectivity index (χ0n) is 24.7. The van der Waals surface area contributed by atoms with Gasteiger partial charge in [0.2, 0.25) is 11.8 Å². The number of nitrogens with one attached hydrogen (secondary N) is 1. The van der Waals surface area contributed by atoms with E-state index in [0.29, 0.717) is 30.9 Å². The molecule has 3 aliphatic heterocycles. The minimum atomic E-state index is -0.938. The third-order valence-electron chi connectivity index (χ3n) is 8.67. The van der Waals surface area contributed by atoms with Gasteiger partial charge in [0.05, 0.1) is 18.2 Å². The molecule has 2 bridgehead atoms. The molecule has 0 aromatic heterocycles. The molecule has 11 heteroatoms. The Hall–Kier alpha value is -3.65. The molecule has 1 saturated carbocycles. The van der Waals surface area contributed by atoms with Gasteiger partial charge in [-0.3, -0.25) is 19.3 Å². The first-order valence-corrected chi connectivity index (χ1v) is 14.4. The monoisotopic (exact) mass is 564 g/mol. The van der Waals surface area contributed by atoms with Crippen LogP contribution in [0.25, 0.3) is 0 Å². The summed E-state index contributed by atoms with van der Waals surface area (Å²) in [7, 11) is 3.41. The number of fused-ring (bicyclic) bond motifs is 3. The number of ether oxygens (including phenoxy) is 1. The molecule has 0 unspecified atom stereocenters. The van der Waals surface area contributed by atoms with Gasteiger partial charge in [-0.2, -0.15) is 5.26 Å². The molecule has 4 fully saturated rings. The van der Waals surface area contributed by atoms with Crippen LogP contribution in [-0.4, -0.2) is 106 Å². The van der Waals surface area contributed by atoms with Crippen molar-refractivity contribution in [3.05, 3.63) is 35.4 Å². The summed E-state index contributed by atoms with van der Waals surface area (Å²) in [5, 5.41) is 12.4. The maximum absolute atomic E-state index is 13.8. The molecule has 4 aliphatic rings. The van der Waals surface area contributed by atoms with Gasteiger partial charge >= 0.3 is 6.09 Å². The third-order valence-corrected chi connectivity index (χ3v) is 8.67. The normalized spacial score (nSPS) is 28.1. The van der Waals surface area contributed by atoms with Crippen LogP contribution >= 0.6 is 0 Å². The maximum atomic E-state index is 13.8. The molecule has 1 aromatic carbocycles. The number of hydrogen-bond donors (Lipinski definition) is 1. The largest absolute Gasteiger partial charge is 0.444 e. The molecule has 3 heterocycles. The van der Waals surface area contributed by atoms with E-state index in [0.717, 1.165) is 12.0 Å². The van der Waals surface area contributed by atoms with E-state index in [-0.39, 0.29) is 42.4 Å². The van der Waals surface area contributed by atoms with Crippen molar-refractivity contribution in [3.8, 4) is 6.07 Å².